The van der Waals surface area contributed by atoms with Gasteiger partial charge in [-0.1, -0.05) is 0 Å². The van der Waals surface area contributed by atoms with Gasteiger partial charge in [-0.25, -0.2) is 17.9 Å². The molecule has 1 aromatic carbocycles. The van der Waals surface area contributed by atoms with Crippen molar-refractivity contribution in [3.8, 4) is 0 Å². The van der Waals surface area contributed by atoms with E-state index >= 15 is 0 Å². The van der Waals surface area contributed by atoms with E-state index < -0.39 is 27.2 Å². The maximum Gasteiger partial charge on any atom is 0.256 e. The first-order valence-corrected chi connectivity index (χ1v) is 9.56. The number of primary sulfonamides is 1. The van der Waals surface area contributed by atoms with Crippen LogP contribution in [0.2, 0.25) is 0 Å². The molecule has 2 aliphatic heterocycles. The summed E-state index contributed by atoms with van der Waals surface area (Å²) in [6.45, 7) is 1.24. The van der Waals surface area contributed by atoms with Crippen LogP contribution >= 0.6 is 0 Å². The molecule has 136 valence electrons. The molecule has 1 aromatic rings. The predicted molar refractivity (Wildman–Crippen MR) is 87.6 cm³/mol. The average molecular weight is 369 g/mol. The van der Waals surface area contributed by atoms with Gasteiger partial charge in [-0.2, -0.15) is 0 Å². The molecule has 2 N–H and O–H groups in total. The van der Waals surface area contributed by atoms with Gasteiger partial charge in [0.05, 0.1) is 15.9 Å². The molecule has 0 aromatic heterocycles. The second kappa shape index (κ2) is 6.06. The Labute approximate surface area is 145 Å². The standard InChI is InChI=1S/C16H20FN3O4S/c1-19-7-2-5-16(15(19)22)6-8-20(10-16)14(21)12-9-11(25(18,23)24)3-4-13(12)17/h3-4,9H,2,5-8,10H2,1H3,(H2,18,23,24). The molecule has 1 spiro atoms. The highest BCUT2D eigenvalue weighted by Crippen LogP contribution is 2.40. The van der Waals surface area contributed by atoms with Crippen LogP contribution in [0.4, 0.5) is 4.39 Å². The van der Waals surface area contributed by atoms with Crippen LogP contribution in [0.25, 0.3) is 0 Å². The van der Waals surface area contributed by atoms with Crippen LogP contribution in [0.15, 0.2) is 23.1 Å². The largest absolute Gasteiger partial charge is 0.345 e. The molecular formula is C16H20FN3O4S. The van der Waals surface area contributed by atoms with Gasteiger partial charge in [-0.15, -0.1) is 0 Å². The topological polar surface area (TPSA) is 101 Å². The van der Waals surface area contributed by atoms with Crippen molar-refractivity contribution in [2.75, 3.05) is 26.7 Å². The van der Waals surface area contributed by atoms with Gasteiger partial charge in [0.15, 0.2) is 0 Å². The van der Waals surface area contributed by atoms with Crippen molar-refractivity contribution in [3.63, 3.8) is 0 Å². The number of nitrogens with zero attached hydrogens (tertiary/aromatic N) is 2. The van der Waals surface area contributed by atoms with E-state index in [1.165, 1.54) is 4.90 Å². The second-order valence-corrected chi connectivity index (χ2v) is 8.34. The van der Waals surface area contributed by atoms with Gasteiger partial charge in [-0.05, 0) is 37.5 Å². The van der Waals surface area contributed by atoms with Gasteiger partial charge < -0.3 is 9.80 Å². The molecule has 1 atom stereocenters. The molecule has 0 radical (unpaired) electrons. The molecule has 0 bridgehead atoms. The smallest absolute Gasteiger partial charge is 0.256 e. The van der Waals surface area contributed by atoms with Crippen molar-refractivity contribution >= 4 is 21.8 Å². The first-order chi connectivity index (χ1) is 11.6. The van der Waals surface area contributed by atoms with E-state index in [0.29, 0.717) is 25.9 Å². The lowest BCUT2D eigenvalue weighted by atomic mass is 9.78. The third-order valence-electron chi connectivity index (χ3n) is 5.09. The highest BCUT2D eigenvalue weighted by Gasteiger charge is 2.48. The van der Waals surface area contributed by atoms with Gasteiger partial charge in [0.1, 0.15) is 5.82 Å². The lowest BCUT2D eigenvalue weighted by molar-refractivity contribution is -0.143. The zero-order chi connectivity index (χ0) is 18.4. The summed E-state index contributed by atoms with van der Waals surface area (Å²) >= 11 is 0. The van der Waals surface area contributed by atoms with Gasteiger partial charge in [0, 0.05) is 26.7 Å². The van der Waals surface area contributed by atoms with Gasteiger partial charge in [0.25, 0.3) is 5.91 Å². The van der Waals surface area contributed by atoms with Crippen LogP contribution in [-0.4, -0.2) is 56.7 Å². The van der Waals surface area contributed by atoms with Crippen LogP contribution in [0.3, 0.4) is 0 Å². The fourth-order valence-corrected chi connectivity index (χ4v) is 4.25. The van der Waals surface area contributed by atoms with E-state index in [1.54, 1.807) is 11.9 Å². The molecule has 2 aliphatic rings. The molecule has 7 nitrogen and oxygen atoms in total. The van der Waals surface area contributed by atoms with Crippen molar-refractivity contribution in [1.29, 1.82) is 0 Å². The van der Waals surface area contributed by atoms with Crippen molar-refractivity contribution in [2.24, 2.45) is 10.6 Å². The van der Waals surface area contributed by atoms with Crippen molar-refractivity contribution in [1.82, 2.24) is 9.80 Å². The van der Waals surface area contributed by atoms with Gasteiger partial charge in [-0.3, -0.25) is 9.59 Å². The molecule has 25 heavy (non-hydrogen) atoms. The Bertz CT molecular complexity index is 842. The average Bonchev–Trinajstić information content (AvgIpc) is 2.96. The van der Waals surface area contributed by atoms with Crippen molar-refractivity contribution in [2.45, 2.75) is 24.2 Å². The molecule has 2 fully saturated rings. The second-order valence-electron chi connectivity index (χ2n) is 6.77. The Hall–Kier alpha value is -2.00. The fraction of sp³-hybridized carbons (Fsp3) is 0.500. The van der Waals surface area contributed by atoms with Crippen molar-refractivity contribution < 1.29 is 22.4 Å². The van der Waals surface area contributed by atoms with Crippen LogP contribution in [0.5, 0.6) is 0 Å². The Kier molecular flexibility index (Phi) is 4.32. The number of halogens is 1. The summed E-state index contributed by atoms with van der Waals surface area (Å²) in [4.78, 5) is 28.0. The fourth-order valence-electron chi connectivity index (χ4n) is 3.71. The number of piperidine rings is 1. The summed E-state index contributed by atoms with van der Waals surface area (Å²) in [5.74, 6) is -1.43. The molecule has 9 heteroatoms. The molecule has 2 heterocycles. The Morgan fingerprint density at radius 1 is 1.28 bits per heavy atom. The summed E-state index contributed by atoms with van der Waals surface area (Å²) in [5, 5.41) is 5.05. The molecule has 2 saturated heterocycles. The number of carbonyl (C=O) groups excluding carboxylic acids is 2. The molecule has 2 amide bonds. The van der Waals surface area contributed by atoms with E-state index in [1.807, 2.05) is 0 Å². The third-order valence-corrected chi connectivity index (χ3v) is 6.00. The summed E-state index contributed by atoms with van der Waals surface area (Å²) in [7, 11) is -2.30. The third kappa shape index (κ3) is 3.13. The number of likely N-dealkylation sites (tertiary alicyclic amines) is 2. The lowest BCUT2D eigenvalue weighted by Crippen LogP contribution is -2.48. The molecule has 1 unspecified atom stereocenters. The minimum atomic E-state index is -4.04. The monoisotopic (exact) mass is 369 g/mol. The minimum absolute atomic E-state index is 0.00723. The SMILES string of the molecule is CN1CCCC2(CCN(C(=O)c3cc(S(N)(=O)=O)ccc3F)C2)C1=O. The number of rotatable bonds is 2. The number of carbonyl (C=O) groups is 2. The quantitative estimate of drug-likeness (QED) is 0.823. The normalized spacial score (nSPS) is 24.2. The van der Waals surface area contributed by atoms with E-state index in [9.17, 15) is 22.4 Å². The zero-order valence-electron chi connectivity index (χ0n) is 13.9. The number of hydrogen-bond donors (Lipinski definition) is 1. The number of benzene rings is 1. The van der Waals surface area contributed by atoms with Crippen LogP contribution in [0.1, 0.15) is 29.6 Å². The Balaban J connectivity index is 1.87. The minimum Gasteiger partial charge on any atom is -0.345 e. The van der Waals surface area contributed by atoms with E-state index in [2.05, 4.69) is 0 Å². The zero-order valence-corrected chi connectivity index (χ0v) is 14.7. The molecule has 0 saturated carbocycles. The van der Waals surface area contributed by atoms with Gasteiger partial charge >= 0.3 is 0 Å². The highest BCUT2D eigenvalue weighted by molar-refractivity contribution is 7.89. The lowest BCUT2D eigenvalue weighted by Gasteiger charge is -2.37. The first-order valence-electron chi connectivity index (χ1n) is 8.01. The number of sulfonamides is 1. The van der Waals surface area contributed by atoms with Crippen LogP contribution in [-0.2, 0) is 14.8 Å². The first kappa shape index (κ1) is 17.8. The van der Waals surface area contributed by atoms with E-state index in [4.69, 9.17) is 5.14 Å². The summed E-state index contributed by atoms with van der Waals surface area (Å²) in [6.07, 6.45) is 2.08. The maximum absolute atomic E-state index is 14.1. The van der Waals surface area contributed by atoms with E-state index in [-0.39, 0.29) is 22.9 Å². The van der Waals surface area contributed by atoms with Gasteiger partial charge in [0.2, 0.25) is 15.9 Å². The van der Waals surface area contributed by atoms with E-state index in [0.717, 1.165) is 24.6 Å². The van der Waals surface area contributed by atoms with Crippen LogP contribution in [0, 0.1) is 11.2 Å². The predicted octanol–water partition coefficient (Wildman–Crippen LogP) is 0.558. The number of nitrogens with two attached hydrogens (primary N) is 1. The Morgan fingerprint density at radius 2 is 2.00 bits per heavy atom. The summed E-state index contributed by atoms with van der Waals surface area (Å²) in [6, 6.07) is 2.89. The summed E-state index contributed by atoms with van der Waals surface area (Å²) < 4.78 is 37.0. The van der Waals surface area contributed by atoms with Crippen LogP contribution < -0.4 is 5.14 Å². The number of amides is 2. The summed E-state index contributed by atoms with van der Waals surface area (Å²) in [5.41, 5.74) is -0.961. The molecular weight excluding hydrogens is 349 g/mol. The Morgan fingerprint density at radius 3 is 2.68 bits per heavy atom. The number of hydrogen-bond acceptors (Lipinski definition) is 4. The maximum atomic E-state index is 14.1. The molecule has 0 aliphatic carbocycles. The highest BCUT2D eigenvalue weighted by atomic mass is 32.2. The molecule has 3 rings (SSSR count). The van der Waals surface area contributed by atoms with Crippen molar-refractivity contribution in [3.05, 3.63) is 29.6 Å².